The molecule has 1 N–H and O–H groups in total. The van der Waals surface area contributed by atoms with Crippen LogP contribution in [-0.4, -0.2) is 19.6 Å². The van der Waals surface area contributed by atoms with Gasteiger partial charge in [0.1, 0.15) is 0 Å². The molecule has 0 bridgehead atoms. The number of benzene rings is 2. The lowest BCUT2D eigenvalue weighted by Gasteiger charge is -2.24. The highest BCUT2D eigenvalue weighted by molar-refractivity contribution is 5.97. The van der Waals surface area contributed by atoms with E-state index < -0.39 is 0 Å². The molecule has 3 heteroatoms. The predicted molar refractivity (Wildman–Crippen MR) is 111 cm³/mol. The number of carbonyl (C=O) groups is 1. The molecule has 0 aliphatic heterocycles. The van der Waals surface area contributed by atoms with Crippen molar-refractivity contribution in [3.63, 3.8) is 0 Å². The van der Waals surface area contributed by atoms with Gasteiger partial charge in [-0.1, -0.05) is 49.6 Å². The van der Waals surface area contributed by atoms with E-state index in [1.165, 1.54) is 44.8 Å². The van der Waals surface area contributed by atoms with Crippen LogP contribution in [0.4, 0.5) is 0 Å². The maximum Gasteiger partial charge on any atom is 0.338 e. The van der Waals surface area contributed by atoms with Crippen molar-refractivity contribution < 1.29 is 9.53 Å². The standard InChI is InChI=1S/C24H31NO2/c1-17-9-7-8-12-21(17)23-15-20(13-14-22(23)24(26)27-3)18(2)25-16-19-10-5-4-6-11-19/h7-9,12-15,18-19,25H,4-6,10-11,16H2,1-3H3. The first kappa shape index (κ1) is 19.6. The first-order chi connectivity index (χ1) is 13.1. The van der Waals surface area contributed by atoms with Crippen LogP contribution in [0.3, 0.4) is 0 Å². The quantitative estimate of drug-likeness (QED) is 0.669. The first-order valence-electron chi connectivity index (χ1n) is 10.1. The molecule has 3 nitrogen and oxygen atoms in total. The van der Waals surface area contributed by atoms with Crippen LogP contribution in [0.15, 0.2) is 42.5 Å². The van der Waals surface area contributed by atoms with Gasteiger partial charge in [0.25, 0.3) is 0 Å². The molecule has 2 aromatic rings. The van der Waals surface area contributed by atoms with E-state index in [9.17, 15) is 4.79 Å². The molecule has 0 radical (unpaired) electrons. The number of rotatable bonds is 6. The fraction of sp³-hybridized carbons (Fsp3) is 0.458. The van der Waals surface area contributed by atoms with E-state index in [-0.39, 0.29) is 12.0 Å². The molecule has 0 heterocycles. The summed E-state index contributed by atoms with van der Waals surface area (Å²) in [4.78, 5) is 12.3. The van der Waals surface area contributed by atoms with E-state index >= 15 is 0 Å². The Balaban J connectivity index is 1.85. The largest absolute Gasteiger partial charge is 0.465 e. The lowest BCUT2D eigenvalue weighted by atomic mass is 9.89. The number of aryl methyl sites for hydroxylation is 1. The summed E-state index contributed by atoms with van der Waals surface area (Å²) in [5.41, 5.74) is 5.01. The molecule has 1 atom stereocenters. The van der Waals surface area contributed by atoms with Crippen LogP contribution >= 0.6 is 0 Å². The summed E-state index contributed by atoms with van der Waals surface area (Å²) in [5.74, 6) is 0.508. The van der Waals surface area contributed by atoms with Crippen molar-refractivity contribution >= 4 is 5.97 Å². The molecule has 0 saturated heterocycles. The highest BCUT2D eigenvalue weighted by Gasteiger charge is 2.18. The van der Waals surface area contributed by atoms with Gasteiger partial charge in [-0.15, -0.1) is 0 Å². The van der Waals surface area contributed by atoms with Crippen LogP contribution in [0.2, 0.25) is 0 Å². The molecular weight excluding hydrogens is 334 g/mol. The molecule has 0 aromatic heterocycles. The number of hydrogen-bond donors (Lipinski definition) is 1. The molecule has 0 amide bonds. The van der Waals surface area contributed by atoms with Crippen LogP contribution in [0.1, 0.15) is 66.6 Å². The highest BCUT2D eigenvalue weighted by Crippen LogP contribution is 2.31. The molecule has 27 heavy (non-hydrogen) atoms. The Morgan fingerprint density at radius 3 is 2.56 bits per heavy atom. The minimum atomic E-state index is -0.289. The SMILES string of the molecule is COC(=O)c1ccc(C(C)NCC2CCCCC2)cc1-c1ccccc1C. The van der Waals surface area contributed by atoms with E-state index in [1.807, 2.05) is 24.3 Å². The van der Waals surface area contributed by atoms with Gasteiger partial charge in [-0.25, -0.2) is 4.79 Å². The lowest BCUT2D eigenvalue weighted by molar-refractivity contribution is 0.0601. The van der Waals surface area contributed by atoms with Crippen molar-refractivity contribution in [2.75, 3.05) is 13.7 Å². The highest BCUT2D eigenvalue weighted by atomic mass is 16.5. The van der Waals surface area contributed by atoms with E-state index in [0.29, 0.717) is 5.56 Å². The normalized spacial score (nSPS) is 16.1. The Labute approximate surface area is 163 Å². The summed E-state index contributed by atoms with van der Waals surface area (Å²) in [6, 6.07) is 14.5. The van der Waals surface area contributed by atoms with Crippen molar-refractivity contribution in [1.29, 1.82) is 0 Å². The van der Waals surface area contributed by atoms with Crippen molar-refractivity contribution in [3.8, 4) is 11.1 Å². The lowest BCUT2D eigenvalue weighted by Crippen LogP contribution is -2.27. The van der Waals surface area contributed by atoms with Gasteiger partial charge in [0.2, 0.25) is 0 Å². The summed E-state index contributed by atoms with van der Waals surface area (Å²) < 4.78 is 5.01. The van der Waals surface area contributed by atoms with Gasteiger partial charge in [0, 0.05) is 6.04 Å². The third kappa shape index (κ3) is 4.78. The molecule has 1 aliphatic rings. The van der Waals surface area contributed by atoms with Crippen LogP contribution in [0.25, 0.3) is 11.1 Å². The van der Waals surface area contributed by atoms with Gasteiger partial charge in [0.05, 0.1) is 12.7 Å². The van der Waals surface area contributed by atoms with Gasteiger partial charge < -0.3 is 10.1 Å². The summed E-state index contributed by atoms with van der Waals surface area (Å²) in [6.45, 7) is 5.35. The maximum atomic E-state index is 12.3. The second-order valence-corrected chi connectivity index (χ2v) is 7.75. The maximum absolute atomic E-state index is 12.3. The topological polar surface area (TPSA) is 38.3 Å². The van der Waals surface area contributed by atoms with Gasteiger partial charge >= 0.3 is 5.97 Å². The minimum absolute atomic E-state index is 0.251. The molecule has 1 fully saturated rings. The summed E-state index contributed by atoms with van der Waals surface area (Å²) in [6.07, 6.45) is 6.81. The Morgan fingerprint density at radius 2 is 1.85 bits per heavy atom. The van der Waals surface area contributed by atoms with E-state index in [1.54, 1.807) is 0 Å². The smallest absolute Gasteiger partial charge is 0.338 e. The van der Waals surface area contributed by atoms with Crippen molar-refractivity contribution in [3.05, 3.63) is 59.2 Å². The molecule has 144 valence electrons. The Bertz CT molecular complexity index is 778. The van der Waals surface area contributed by atoms with E-state index in [4.69, 9.17) is 4.74 Å². The van der Waals surface area contributed by atoms with Crippen molar-refractivity contribution in [2.45, 2.75) is 52.0 Å². The number of ether oxygens (including phenoxy) is 1. The molecule has 2 aromatic carbocycles. The van der Waals surface area contributed by atoms with E-state index in [0.717, 1.165) is 29.2 Å². The minimum Gasteiger partial charge on any atom is -0.465 e. The molecule has 0 spiro atoms. The third-order valence-corrected chi connectivity index (χ3v) is 5.82. The zero-order valence-electron chi connectivity index (χ0n) is 16.8. The van der Waals surface area contributed by atoms with Gasteiger partial charge in [-0.3, -0.25) is 0 Å². The Morgan fingerprint density at radius 1 is 1.11 bits per heavy atom. The van der Waals surface area contributed by atoms with Crippen LogP contribution in [0, 0.1) is 12.8 Å². The number of nitrogens with one attached hydrogen (secondary N) is 1. The summed E-state index contributed by atoms with van der Waals surface area (Å²) in [5, 5.41) is 3.71. The average molecular weight is 366 g/mol. The first-order valence-corrected chi connectivity index (χ1v) is 10.1. The zero-order chi connectivity index (χ0) is 19.2. The number of esters is 1. The van der Waals surface area contributed by atoms with Crippen LogP contribution in [-0.2, 0) is 4.74 Å². The molecule has 1 saturated carbocycles. The van der Waals surface area contributed by atoms with Gasteiger partial charge in [0.15, 0.2) is 0 Å². The molecule has 1 unspecified atom stereocenters. The fourth-order valence-corrected chi connectivity index (χ4v) is 4.07. The molecular formula is C24H31NO2. The Hall–Kier alpha value is -2.13. The number of hydrogen-bond acceptors (Lipinski definition) is 3. The van der Waals surface area contributed by atoms with Gasteiger partial charge in [-0.05, 0) is 73.5 Å². The molecule has 1 aliphatic carbocycles. The monoisotopic (exact) mass is 365 g/mol. The zero-order valence-corrected chi connectivity index (χ0v) is 16.8. The second-order valence-electron chi connectivity index (χ2n) is 7.75. The fourth-order valence-electron chi connectivity index (χ4n) is 4.07. The number of methoxy groups -OCH3 is 1. The van der Waals surface area contributed by atoms with Gasteiger partial charge in [-0.2, -0.15) is 0 Å². The predicted octanol–water partition coefficient (Wildman–Crippen LogP) is 5.68. The van der Waals surface area contributed by atoms with Crippen molar-refractivity contribution in [1.82, 2.24) is 5.32 Å². The molecule has 3 rings (SSSR count). The van der Waals surface area contributed by atoms with E-state index in [2.05, 4.69) is 37.4 Å². The van der Waals surface area contributed by atoms with Crippen molar-refractivity contribution in [2.24, 2.45) is 5.92 Å². The Kier molecular flexibility index (Phi) is 6.68. The third-order valence-electron chi connectivity index (χ3n) is 5.82. The number of carbonyl (C=O) groups excluding carboxylic acids is 1. The van der Waals surface area contributed by atoms with Crippen LogP contribution < -0.4 is 5.32 Å². The van der Waals surface area contributed by atoms with Crippen LogP contribution in [0.5, 0.6) is 0 Å². The summed E-state index contributed by atoms with van der Waals surface area (Å²) in [7, 11) is 1.44. The average Bonchev–Trinajstić information content (AvgIpc) is 2.72. The second kappa shape index (κ2) is 9.18. The summed E-state index contributed by atoms with van der Waals surface area (Å²) >= 11 is 0.